The van der Waals surface area contributed by atoms with Gasteiger partial charge in [-0.3, -0.25) is 0 Å². The fraction of sp³-hybridized carbons (Fsp3) is 0.429. The highest BCUT2D eigenvalue weighted by molar-refractivity contribution is 5.95. The van der Waals surface area contributed by atoms with Crippen molar-refractivity contribution in [2.75, 3.05) is 0 Å². The lowest BCUT2D eigenvalue weighted by atomic mass is 9.77. The van der Waals surface area contributed by atoms with E-state index in [9.17, 15) is 0 Å². The largest absolute Gasteiger partial charge is 0.0616 e. The molecule has 0 unspecified atom stereocenters. The van der Waals surface area contributed by atoms with Crippen LogP contribution in [0.2, 0.25) is 0 Å². The van der Waals surface area contributed by atoms with Crippen LogP contribution in [0.5, 0.6) is 0 Å². The smallest absolute Gasteiger partial charge is 0.00990 e. The van der Waals surface area contributed by atoms with Crippen LogP contribution in [0.1, 0.15) is 152 Å². The lowest BCUT2D eigenvalue weighted by Gasteiger charge is -2.27. The molecule has 0 amide bonds. The minimum Gasteiger partial charge on any atom is -0.0616 e. The molecule has 0 aliphatic rings. The zero-order valence-corrected chi connectivity index (χ0v) is 28.4. The zero-order valence-electron chi connectivity index (χ0n) is 28.4. The highest BCUT2D eigenvalue weighted by Gasteiger charge is 2.24. The Morgan fingerprint density at radius 1 is 0.310 bits per heavy atom. The highest BCUT2D eigenvalue weighted by atomic mass is 14.3. The van der Waals surface area contributed by atoms with Crippen LogP contribution in [0.3, 0.4) is 0 Å². The van der Waals surface area contributed by atoms with Gasteiger partial charge >= 0.3 is 0 Å². The van der Waals surface area contributed by atoms with Crippen LogP contribution < -0.4 is 0 Å². The molecule has 0 heterocycles. The lowest BCUT2D eigenvalue weighted by Crippen LogP contribution is -2.06. The minimum absolute atomic E-state index is 0.433. The van der Waals surface area contributed by atoms with Gasteiger partial charge in [0.05, 0.1) is 0 Å². The molecule has 0 saturated carbocycles. The van der Waals surface area contributed by atoms with E-state index in [-0.39, 0.29) is 0 Å². The first-order valence-electron chi connectivity index (χ1n) is 16.4. The van der Waals surface area contributed by atoms with Crippen LogP contribution in [-0.2, 0) is 0 Å². The van der Waals surface area contributed by atoms with Crippen molar-refractivity contribution in [1.82, 2.24) is 0 Å². The van der Waals surface area contributed by atoms with Crippen molar-refractivity contribution >= 4 is 0 Å². The molecule has 4 rings (SSSR count). The van der Waals surface area contributed by atoms with Gasteiger partial charge in [0.1, 0.15) is 0 Å². The summed E-state index contributed by atoms with van der Waals surface area (Å²) in [5.41, 5.74) is 16.9. The van der Waals surface area contributed by atoms with Gasteiger partial charge in [-0.1, -0.05) is 156 Å². The maximum absolute atomic E-state index is 2.48. The average Bonchev–Trinajstić information content (AvgIpc) is 2.95. The minimum atomic E-state index is 0.433. The Kier molecular flexibility index (Phi) is 9.87. The standard InChI is InChI=1S/C42H54/c1-25(2)31-21-37(27(5)6)41(38(22-31)28(7)8)35-19-15-13-17-33(35)34-18-14-16-20-36(34)42-39(29(9)10)23-32(26(3)4)24-40(42)30(11)12/h13-30H,1-12H3. The third-order valence-electron chi connectivity index (χ3n) is 8.95. The van der Waals surface area contributed by atoms with E-state index in [1.807, 2.05) is 0 Å². The summed E-state index contributed by atoms with van der Waals surface area (Å²) in [6.45, 7) is 28.1. The van der Waals surface area contributed by atoms with E-state index in [0.29, 0.717) is 35.5 Å². The van der Waals surface area contributed by atoms with Gasteiger partial charge in [-0.15, -0.1) is 0 Å². The normalized spacial score (nSPS) is 12.1. The van der Waals surface area contributed by atoms with E-state index in [1.54, 1.807) is 0 Å². The van der Waals surface area contributed by atoms with Crippen molar-refractivity contribution in [2.24, 2.45) is 0 Å². The molecule has 0 spiro atoms. The molecule has 0 heteroatoms. The molecule has 0 aromatic heterocycles. The SMILES string of the molecule is CC(C)c1cc(C(C)C)c(-c2ccccc2-c2ccccc2-c2c(C(C)C)cc(C(C)C)cc2C(C)C)c(C(C)C)c1. The van der Waals surface area contributed by atoms with E-state index in [2.05, 4.69) is 156 Å². The lowest BCUT2D eigenvalue weighted by molar-refractivity contribution is 0.807. The highest BCUT2D eigenvalue weighted by Crippen LogP contribution is 2.47. The monoisotopic (exact) mass is 558 g/mol. The summed E-state index contributed by atoms with van der Waals surface area (Å²) in [7, 11) is 0. The van der Waals surface area contributed by atoms with Crippen LogP contribution in [0.4, 0.5) is 0 Å². The Labute approximate surface area is 257 Å². The number of hydrogen-bond donors (Lipinski definition) is 0. The Bertz CT molecular complexity index is 1350. The summed E-state index contributed by atoms with van der Waals surface area (Å²) in [5.74, 6) is 2.74. The maximum atomic E-state index is 2.48. The first-order valence-corrected chi connectivity index (χ1v) is 16.4. The molecular formula is C42H54. The van der Waals surface area contributed by atoms with E-state index < -0.39 is 0 Å². The Balaban J connectivity index is 2.11. The summed E-state index contributed by atoms with van der Waals surface area (Å²) in [6, 6.07) is 28.3. The first kappa shape index (κ1) is 31.8. The van der Waals surface area contributed by atoms with Gasteiger partial charge in [-0.2, -0.15) is 0 Å². The predicted molar refractivity (Wildman–Crippen MR) is 187 cm³/mol. The molecule has 0 nitrogen and oxygen atoms in total. The summed E-state index contributed by atoms with van der Waals surface area (Å²) < 4.78 is 0. The van der Waals surface area contributed by atoms with Crippen molar-refractivity contribution in [3.05, 3.63) is 106 Å². The number of hydrogen-bond acceptors (Lipinski definition) is 0. The van der Waals surface area contributed by atoms with Crippen LogP contribution in [-0.4, -0.2) is 0 Å². The quantitative estimate of drug-likeness (QED) is 0.192. The molecule has 0 saturated heterocycles. The molecule has 4 aromatic carbocycles. The van der Waals surface area contributed by atoms with Crippen molar-refractivity contribution in [3.8, 4) is 33.4 Å². The van der Waals surface area contributed by atoms with Gasteiger partial charge in [0.2, 0.25) is 0 Å². The van der Waals surface area contributed by atoms with Crippen molar-refractivity contribution < 1.29 is 0 Å². The number of benzene rings is 4. The fourth-order valence-electron chi connectivity index (χ4n) is 6.41. The third-order valence-corrected chi connectivity index (χ3v) is 8.95. The molecule has 0 fully saturated rings. The topological polar surface area (TPSA) is 0 Å². The molecule has 0 atom stereocenters. The average molecular weight is 559 g/mol. The van der Waals surface area contributed by atoms with Gasteiger partial charge in [0.25, 0.3) is 0 Å². The summed E-state index contributed by atoms with van der Waals surface area (Å²) in [4.78, 5) is 0. The van der Waals surface area contributed by atoms with Gasteiger partial charge in [0.15, 0.2) is 0 Å². The fourth-order valence-corrected chi connectivity index (χ4v) is 6.41. The molecule has 0 bridgehead atoms. The second-order valence-electron chi connectivity index (χ2n) is 14.2. The summed E-state index contributed by atoms with van der Waals surface area (Å²) in [5, 5.41) is 0. The Morgan fingerprint density at radius 3 is 0.762 bits per heavy atom. The Hall–Kier alpha value is -3.12. The van der Waals surface area contributed by atoms with Gasteiger partial charge in [-0.25, -0.2) is 0 Å². The van der Waals surface area contributed by atoms with E-state index in [4.69, 9.17) is 0 Å². The van der Waals surface area contributed by atoms with Crippen molar-refractivity contribution in [1.29, 1.82) is 0 Å². The predicted octanol–water partition coefficient (Wildman–Crippen LogP) is 13.4. The van der Waals surface area contributed by atoms with E-state index in [1.165, 1.54) is 66.8 Å². The molecule has 0 aliphatic heterocycles. The van der Waals surface area contributed by atoms with Crippen LogP contribution in [0.15, 0.2) is 72.8 Å². The molecule has 0 aliphatic carbocycles. The zero-order chi connectivity index (χ0) is 30.9. The molecule has 222 valence electrons. The molecule has 4 aromatic rings. The molecule has 0 N–H and O–H groups in total. The summed E-state index contributed by atoms with van der Waals surface area (Å²) in [6.07, 6.45) is 0. The van der Waals surface area contributed by atoms with Gasteiger partial charge in [0, 0.05) is 0 Å². The first-order chi connectivity index (χ1) is 19.8. The second-order valence-corrected chi connectivity index (χ2v) is 14.2. The third kappa shape index (κ3) is 6.29. The number of rotatable bonds is 9. The molecule has 0 radical (unpaired) electrons. The van der Waals surface area contributed by atoms with E-state index >= 15 is 0 Å². The van der Waals surface area contributed by atoms with Crippen molar-refractivity contribution in [2.45, 2.75) is 119 Å². The summed E-state index contributed by atoms with van der Waals surface area (Å²) >= 11 is 0. The molecular weight excluding hydrogens is 504 g/mol. The molecule has 42 heavy (non-hydrogen) atoms. The van der Waals surface area contributed by atoms with Gasteiger partial charge < -0.3 is 0 Å². The van der Waals surface area contributed by atoms with E-state index in [0.717, 1.165) is 0 Å². The second kappa shape index (κ2) is 13.0. The maximum Gasteiger partial charge on any atom is -0.00990 e. The Morgan fingerprint density at radius 2 is 0.548 bits per heavy atom. The van der Waals surface area contributed by atoms with Crippen LogP contribution >= 0.6 is 0 Å². The van der Waals surface area contributed by atoms with Crippen LogP contribution in [0.25, 0.3) is 33.4 Å². The van der Waals surface area contributed by atoms with Crippen LogP contribution in [0, 0.1) is 0 Å². The van der Waals surface area contributed by atoms with Crippen molar-refractivity contribution in [3.63, 3.8) is 0 Å². The van der Waals surface area contributed by atoms with Gasteiger partial charge in [-0.05, 0) is 102 Å².